The van der Waals surface area contributed by atoms with E-state index in [2.05, 4.69) is 44.8 Å². The van der Waals surface area contributed by atoms with Crippen LogP contribution in [-0.4, -0.2) is 11.0 Å². The zero-order chi connectivity index (χ0) is 11.9. The lowest BCUT2D eigenvalue weighted by Gasteiger charge is -2.06. The van der Waals surface area contributed by atoms with E-state index in [1.54, 1.807) is 0 Å². The third-order valence-electron chi connectivity index (χ3n) is 3.35. The smallest absolute Gasteiger partial charge is 0.0491 e. The molecule has 1 aromatic heterocycles. The van der Waals surface area contributed by atoms with Gasteiger partial charge in [-0.2, -0.15) is 0 Å². The van der Waals surface area contributed by atoms with E-state index in [9.17, 15) is 0 Å². The van der Waals surface area contributed by atoms with Crippen molar-refractivity contribution < 1.29 is 0 Å². The maximum absolute atomic E-state index is 5.90. The van der Waals surface area contributed by atoms with Crippen molar-refractivity contribution in [1.82, 2.24) is 4.98 Å². The molecule has 1 atom stereocenters. The van der Waals surface area contributed by atoms with Gasteiger partial charge < -0.3 is 10.7 Å². The van der Waals surface area contributed by atoms with Crippen LogP contribution >= 0.6 is 0 Å². The molecule has 0 radical (unpaired) electrons. The Morgan fingerprint density at radius 2 is 1.94 bits per heavy atom. The Morgan fingerprint density at radius 3 is 2.56 bits per heavy atom. The van der Waals surface area contributed by atoms with E-state index < -0.39 is 0 Å². The van der Waals surface area contributed by atoms with Gasteiger partial charge in [-0.15, -0.1) is 0 Å². The predicted molar refractivity (Wildman–Crippen MR) is 69.9 cm³/mol. The average molecular weight is 216 g/mol. The molecule has 0 spiro atoms. The SMILES string of the molecule is Cc1ccc2c(CC(C)N)c(C)[nH]c2c1C. The van der Waals surface area contributed by atoms with E-state index in [4.69, 9.17) is 5.73 Å². The molecule has 1 aromatic carbocycles. The Balaban J connectivity index is 2.67. The van der Waals surface area contributed by atoms with Crippen LogP contribution < -0.4 is 5.73 Å². The molecule has 2 heteroatoms. The molecular formula is C14H20N2. The van der Waals surface area contributed by atoms with Crippen LogP contribution in [0, 0.1) is 20.8 Å². The van der Waals surface area contributed by atoms with Gasteiger partial charge in [0.1, 0.15) is 0 Å². The van der Waals surface area contributed by atoms with E-state index in [0.717, 1.165) is 6.42 Å². The number of rotatable bonds is 2. The molecule has 0 aliphatic rings. The van der Waals surface area contributed by atoms with Crippen molar-refractivity contribution in [2.24, 2.45) is 5.73 Å². The van der Waals surface area contributed by atoms with Gasteiger partial charge in [-0.25, -0.2) is 0 Å². The number of nitrogens with two attached hydrogens (primary N) is 1. The number of nitrogens with one attached hydrogen (secondary N) is 1. The van der Waals surface area contributed by atoms with E-state index in [-0.39, 0.29) is 6.04 Å². The summed E-state index contributed by atoms with van der Waals surface area (Å²) in [6.07, 6.45) is 0.939. The number of fused-ring (bicyclic) bond motifs is 1. The summed E-state index contributed by atoms with van der Waals surface area (Å²) in [6, 6.07) is 4.61. The third kappa shape index (κ3) is 1.74. The number of benzene rings is 1. The predicted octanol–water partition coefficient (Wildman–Crippen LogP) is 2.98. The number of H-pyrrole nitrogens is 1. The summed E-state index contributed by atoms with van der Waals surface area (Å²) in [6.45, 7) is 8.51. The monoisotopic (exact) mass is 216 g/mol. The summed E-state index contributed by atoms with van der Waals surface area (Å²) in [5.41, 5.74) is 12.5. The highest BCUT2D eigenvalue weighted by Crippen LogP contribution is 2.27. The standard InChI is InChI=1S/C14H20N2/c1-8-5-6-12-13(7-9(2)15)11(4)16-14(12)10(8)3/h5-6,9,16H,7,15H2,1-4H3. The Bertz CT molecular complexity index is 521. The molecular weight excluding hydrogens is 196 g/mol. The van der Waals surface area contributed by atoms with Crippen LogP contribution in [-0.2, 0) is 6.42 Å². The minimum Gasteiger partial charge on any atom is -0.358 e. The molecule has 0 amide bonds. The molecule has 1 unspecified atom stereocenters. The Hall–Kier alpha value is -1.28. The molecule has 0 bridgehead atoms. The van der Waals surface area contributed by atoms with Crippen molar-refractivity contribution >= 4 is 10.9 Å². The molecule has 0 saturated carbocycles. The zero-order valence-corrected chi connectivity index (χ0v) is 10.5. The van der Waals surface area contributed by atoms with Crippen LogP contribution in [0.25, 0.3) is 10.9 Å². The number of aromatic nitrogens is 1. The topological polar surface area (TPSA) is 41.8 Å². The summed E-state index contributed by atoms with van der Waals surface area (Å²) >= 11 is 0. The van der Waals surface area contributed by atoms with Crippen LogP contribution in [0.4, 0.5) is 0 Å². The van der Waals surface area contributed by atoms with Crippen LogP contribution in [0.5, 0.6) is 0 Å². The Kier molecular flexibility index (Phi) is 2.76. The molecule has 2 aromatic rings. The first-order chi connectivity index (χ1) is 7.50. The number of hydrogen-bond donors (Lipinski definition) is 2. The summed E-state index contributed by atoms with van der Waals surface area (Å²) < 4.78 is 0. The van der Waals surface area contributed by atoms with Crippen LogP contribution in [0.1, 0.15) is 29.3 Å². The van der Waals surface area contributed by atoms with Crippen LogP contribution in [0.3, 0.4) is 0 Å². The van der Waals surface area contributed by atoms with Gasteiger partial charge in [-0.3, -0.25) is 0 Å². The lowest BCUT2D eigenvalue weighted by Crippen LogP contribution is -2.18. The first-order valence-electron chi connectivity index (χ1n) is 5.83. The molecule has 1 heterocycles. The quantitative estimate of drug-likeness (QED) is 0.796. The minimum absolute atomic E-state index is 0.208. The van der Waals surface area contributed by atoms with Crippen LogP contribution in [0.2, 0.25) is 0 Å². The van der Waals surface area contributed by atoms with Crippen molar-refractivity contribution in [1.29, 1.82) is 0 Å². The van der Waals surface area contributed by atoms with Gasteiger partial charge in [0.05, 0.1) is 0 Å². The fourth-order valence-corrected chi connectivity index (χ4v) is 2.28. The minimum atomic E-state index is 0.208. The summed E-state index contributed by atoms with van der Waals surface area (Å²) in [4.78, 5) is 3.49. The van der Waals surface area contributed by atoms with Gasteiger partial charge in [0.15, 0.2) is 0 Å². The number of hydrogen-bond acceptors (Lipinski definition) is 1. The second kappa shape index (κ2) is 3.95. The van der Waals surface area contributed by atoms with Crippen LogP contribution in [0.15, 0.2) is 12.1 Å². The molecule has 86 valence electrons. The van der Waals surface area contributed by atoms with E-state index in [0.29, 0.717) is 0 Å². The Morgan fingerprint density at radius 1 is 1.25 bits per heavy atom. The largest absolute Gasteiger partial charge is 0.358 e. The number of aromatic amines is 1. The highest BCUT2D eigenvalue weighted by Gasteiger charge is 2.12. The maximum atomic E-state index is 5.90. The summed E-state index contributed by atoms with van der Waals surface area (Å²) in [7, 11) is 0. The molecule has 16 heavy (non-hydrogen) atoms. The molecule has 3 N–H and O–H groups in total. The van der Waals surface area contributed by atoms with E-state index in [1.807, 2.05) is 0 Å². The van der Waals surface area contributed by atoms with Gasteiger partial charge in [0.2, 0.25) is 0 Å². The molecule has 0 saturated heterocycles. The van der Waals surface area contributed by atoms with Gasteiger partial charge in [0.25, 0.3) is 0 Å². The molecule has 2 rings (SSSR count). The first-order valence-corrected chi connectivity index (χ1v) is 5.83. The van der Waals surface area contributed by atoms with Gasteiger partial charge in [0, 0.05) is 22.6 Å². The van der Waals surface area contributed by atoms with Crippen molar-refractivity contribution in [3.05, 3.63) is 34.5 Å². The summed E-state index contributed by atoms with van der Waals surface area (Å²) in [5, 5.41) is 1.33. The van der Waals surface area contributed by atoms with E-state index in [1.165, 1.54) is 33.3 Å². The lowest BCUT2D eigenvalue weighted by molar-refractivity contribution is 0.738. The van der Waals surface area contributed by atoms with Crippen molar-refractivity contribution in [3.8, 4) is 0 Å². The first kappa shape index (κ1) is 11.2. The fourth-order valence-electron chi connectivity index (χ4n) is 2.28. The van der Waals surface area contributed by atoms with Crippen molar-refractivity contribution in [3.63, 3.8) is 0 Å². The van der Waals surface area contributed by atoms with Gasteiger partial charge in [-0.1, -0.05) is 12.1 Å². The molecule has 2 nitrogen and oxygen atoms in total. The highest BCUT2D eigenvalue weighted by molar-refractivity contribution is 5.88. The van der Waals surface area contributed by atoms with Gasteiger partial charge >= 0.3 is 0 Å². The van der Waals surface area contributed by atoms with Gasteiger partial charge in [-0.05, 0) is 50.8 Å². The third-order valence-corrected chi connectivity index (χ3v) is 3.35. The normalized spacial score (nSPS) is 13.3. The second-order valence-electron chi connectivity index (χ2n) is 4.84. The molecule has 0 aliphatic carbocycles. The summed E-state index contributed by atoms with van der Waals surface area (Å²) in [5.74, 6) is 0. The maximum Gasteiger partial charge on any atom is 0.0491 e. The zero-order valence-electron chi connectivity index (χ0n) is 10.5. The fraction of sp³-hybridized carbons (Fsp3) is 0.429. The molecule has 0 aliphatic heterocycles. The molecule has 0 fully saturated rings. The second-order valence-corrected chi connectivity index (χ2v) is 4.84. The van der Waals surface area contributed by atoms with E-state index >= 15 is 0 Å². The Labute approximate surface area is 96.9 Å². The lowest BCUT2D eigenvalue weighted by atomic mass is 10.0. The van der Waals surface area contributed by atoms with Crippen molar-refractivity contribution in [2.75, 3.05) is 0 Å². The van der Waals surface area contributed by atoms with Crippen molar-refractivity contribution in [2.45, 2.75) is 40.2 Å². The highest BCUT2D eigenvalue weighted by atomic mass is 14.7. The number of aryl methyl sites for hydroxylation is 3. The average Bonchev–Trinajstić information content (AvgIpc) is 2.51.